The van der Waals surface area contributed by atoms with Gasteiger partial charge in [-0.3, -0.25) is 4.79 Å². The van der Waals surface area contributed by atoms with Crippen molar-refractivity contribution in [2.75, 3.05) is 12.4 Å². The number of nitrogens with zero attached hydrogens (tertiary/aromatic N) is 3. The predicted molar refractivity (Wildman–Crippen MR) is 130 cm³/mol. The fraction of sp³-hybridized carbons (Fsp3) is 0.480. The zero-order chi connectivity index (χ0) is 22.5. The number of unbranched alkanes of at least 4 members (excludes halogenated alkanes) is 1. The van der Waals surface area contributed by atoms with Crippen LogP contribution in [0.25, 0.3) is 16.4 Å². The SMILES string of the molecule is CCCCC1CCC(C(=O)Nc2cc(C)nn2-c2nc(-c3cccc(OC)c3)cs2)CC1. The third kappa shape index (κ3) is 5.21. The van der Waals surface area contributed by atoms with Crippen LogP contribution >= 0.6 is 11.3 Å². The molecular weight excluding hydrogens is 420 g/mol. The summed E-state index contributed by atoms with van der Waals surface area (Å²) < 4.78 is 7.07. The molecular formula is C25H32N4O2S. The van der Waals surface area contributed by atoms with E-state index >= 15 is 0 Å². The van der Waals surface area contributed by atoms with E-state index in [1.54, 1.807) is 11.8 Å². The van der Waals surface area contributed by atoms with E-state index in [-0.39, 0.29) is 11.8 Å². The summed E-state index contributed by atoms with van der Waals surface area (Å²) in [5, 5.41) is 10.5. The number of rotatable bonds is 8. The number of ether oxygens (including phenoxy) is 1. The van der Waals surface area contributed by atoms with Gasteiger partial charge in [-0.05, 0) is 50.7 Å². The van der Waals surface area contributed by atoms with Gasteiger partial charge in [0.05, 0.1) is 18.5 Å². The third-order valence-electron chi connectivity index (χ3n) is 6.31. The van der Waals surface area contributed by atoms with Gasteiger partial charge in [-0.1, -0.05) is 38.3 Å². The van der Waals surface area contributed by atoms with Gasteiger partial charge in [-0.25, -0.2) is 4.98 Å². The summed E-state index contributed by atoms with van der Waals surface area (Å²) in [6.07, 6.45) is 8.12. The summed E-state index contributed by atoms with van der Waals surface area (Å²) in [5.74, 6) is 2.46. The lowest BCUT2D eigenvalue weighted by Gasteiger charge is -2.27. The number of aryl methyl sites for hydroxylation is 1. The van der Waals surface area contributed by atoms with Crippen molar-refractivity contribution in [2.24, 2.45) is 11.8 Å². The van der Waals surface area contributed by atoms with Crippen molar-refractivity contribution in [2.45, 2.75) is 58.8 Å². The quantitative estimate of drug-likeness (QED) is 0.439. The molecule has 4 rings (SSSR count). The molecule has 6 nitrogen and oxygen atoms in total. The summed E-state index contributed by atoms with van der Waals surface area (Å²) in [6.45, 7) is 4.17. The number of anilines is 1. The standard InChI is InChI=1S/C25H32N4O2S/c1-4-5-7-18-10-12-19(13-11-18)24(30)27-23-14-17(2)28-29(23)25-26-22(16-32-25)20-8-6-9-21(15-20)31-3/h6,8-9,14-16,18-19H,4-5,7,10-13H2,1-3H3,(H,27,30). The summed E-state index contributed by atoms with van der Waals surface area (Å²) in [7, 11) is 1.66. The highest BCUT2D eigenvalue weighted by atomic mass is 32.1. The van der Waals surface area contributed by atoms with Crippen molar-refractivity contribution in [1.29, 1.82) is 0 Å². The summed E-state index contributed by atoms with van der Waals surface area (Å²) in [6, 6.07) is 9.76. The first kappa shape index (κ1) is 22.5. The molecule has 0 unspecified atom stereocenters. The lowest BCUT2D eigenvalue weighted by molar-refractivity contribution is -0.121. The number of amides is 1. The molecule has 1 amide bonds. The molecule has 32 heavy (non-hydrogen) atoms. The van der Waals surface area contributed by atoms with Crippen molar-refractivity contribution >= 4 is 23.1 Å². The molecule has 1 N–H and O–H groups in total. The number of carbonyl (C=O) groups is 1. The van der Waals surface area contributed by atoms with Crippen molar-refractivity contribution in [3.8, 4) is 22.1 Å². The van der Waals surface area contributed by atoms with E-state index in [0.29, 0.717) is 5.82 Å². The van der Waals surface area contributed by atoms with Gasteiger partial charge in [0.15, 0.2) is 0 Å². The van der Waals surface area contributed by atoms with E-state index in [9.17, 15) is 4.79 Å². The van der Waals surface area contributed by atoms with Crippen LogP contribution in [0, 0.1) is 18.8 Å². The molecule has 1 saturated carbocycles. The molecule has 2 aromatic heterocycles. The maximum Gasteiger partial charge on any atom is 0.228 e. The molecule has 1 aliphatic rings. The first-order valence-corrected chi connectivity index (χ1v) is 12.4. The van der Waals surface area contributed by atoms with Gasteiger partial charge >= 0.3 is 0 Å². The summed E-state index contributed by atoms with van der Waals surface area (Å²) in [4.78, 5) is 17.8. The minimum Gasteiger partial charge on any atom is -0.497 e. The van der Waals surface area contributed by atoms with Crippen LogP contribution in [0.5, 0.6) is 5.75 Å². The van der Waals surface area contributed by atoms with Gasteiger partial charge in [-0.2, -0.15) is 9.78 Å². The first-order valence-electron chi connectivity index (χ1n) is 11.5. The van der Waals surface area contributed by atoms with Crippen LogP contribution in [0.1, 0.15) is 57.6 Å². The topological polar surface area (TPSA) is 69.0 Å². The molecule has 0 bridgehead atoms. The number of benzene rings is 1. The highest BCUT2D eigenvalue weighted by Crippen LogP contribution is 2.33. The first-order chi connectivity index (χ1) is 15.6. The van der Waals surface area contributed by atoms with Crippen LogP contribution in [0.3, 0.4) is 0 Å². The second-order valence-electron chi connectivity index (χ2n) is 8.68. The fourth-order valence-corrected chi connectivity index (χ4v) is 5.24. The van der Waals surface area contributed by atoms with Crippen molar-refractivity contribution in [3.63, 3.8) is 0 Å². The van der Waals surface area contributed by atoms with E-state index in [1.807, 2.05) is 42.6 Å². The van der Waals surface area contributed by atoms with Gasteiger partial charge in [-0.15, -0.1) is 11.3 Å². The molecule has 1 fully saturated rings. The number of hydrogen-bond acceptors (Lipinski definition) is 5. The number of methoxy groups -OCH3 is 1. The fourth-order valence-electron chi connectivity index (χ4n) is 4.45. The molecule has 3 aromatic rings. The minimum absolute atomic E-state index is 0.0835. The Morgan fingerprint density at radius 3 is 2.81 bits per heavy atom. The van der Waals surface area contributed by atoms with Crippen LogP contribution < -0.4 is 10.1 Å². The summed E-state index contributed by atoms with van der Waals surface area (Å²) >= 11 is 1.51. The molecule has 170 valence electrons. The number of nitrogens with one attached hydrogen (secondary N) is 1. The van der Waals surface area contributed by atoms with Crippen LogP contribution in [-0.2, 0) is 4.79 Å². The van der Waals surface area contributed by atoms with E-state index in [4.69, 9.17) is 9.72 Å². The Bertz CT molecular complexity index is 1050. The zero-order valence-corrected chi connectivity index (χ0v) is 20.0. The van der Waals surface area contributed by atoms with Gasteiger partial charge in [0, 0.05) is 22.9 Å². The Hall–Kier alpha value is -2.67. The molecule has 0 spiro atoms. The Balaban J connectivity index is 1.46. The Kier molecular flexibility index (Phi) is 7.25. The molecule has 2 heterocycles. The second kappa shape index (κ2) is 10.3. The monoisotopic (exact) mass is 452 g/mol. The smallest absolute Gasteiger partial charge is 0.228 e. The second-order valence-corrected chi connectivity index (χ2v) is 9.52. The number of thiazole rings is 1. The molecule has 0 atom stereocenters. The number of aromatic nitrogens is 3. The van der Waals surface area contributed by atoms with E-state index in [0.717, 1.165) is 59.4 Å². The van der Waals surface area contributed by atoms with Gasteiger partial charge in [0.2, 0.25) is 11.0 Å². The molecule has 1 aromatic carbocycles. The molecule has 7 heteroatoms. The average Bonchev–Trinajstić information content (AvgIpc) is 3.44. The van der Waals surface area contributed by atoms with Crippen molar-refractivity contribution in [3.05, 3.63) is 41.4 Å². The molecule has 0 aliphatic heterocycles. The maximum atomic E-state index is 13.0. The van der Waals surface area contributed by atoms with E-state index in [2.05, 4.69) is 17.3 Å². The summed E-state index contributed by atoms with van der Waals surface area (Å²) in [5.41, 5.74) is 2.70. The van der Waals surface area contributed by atoms with E-state index < -0.39 is 0 Å². The normalized spacial score (nSPS) is 18.5. The molecule has 1 aliphatic carbocycles. The predicted octanol–water partition coefficient (Wildman–Crippen LogP) is 6.25. The van der Waals surface area contributed by atoms with Gasteiger partial charge in [0.1, 0.15) is 11.6 Å². The lowest BCUT2D eigenvalue weighted by atomic mass is 9.79. The van der Waals surface area contributed by atoms with Gasteiger partial charge < -0.3 is 10.1 Å². The number of carbonyl (C=O) groups excluding carboxylic acids is 1. The minimum atomic E-state index is 0.0835. The Morgan fingerprint density at radius 2 is 2.06 bits per heavy atom. The maximum absolute atomic E-state index is 13.0. The Labute approximate surface area is 194 Å². The third-order valence-corrected chi connectivity index (χ3v) is 7.12. The average molecular weight is 453 g/mol. The van der Waals surface area contributed by atoms with Crippen LogP contribution in [0.2, 0.25) is 0 Å². The Morgan fingerprint density at radius 1 is 1.25 bits per heavy atom. The number of hydrogen-bond donors (Lipinski definition) is 1. The lowest BCUT2D eigenvalue weighted by Crippen LogP contribution is -2.28. The molecule has 0 saturated heterocycles. The van der Waals surface area contributed by atoms with Crippen LogP contribution in [0.15, 0.2) is 35.7 Å². The van der Waals surface area contributed by atoms with Crippen LogP contribution in [-0.4, -0.2) is 27.8 Å². The highest BCUT2D eigenvalue weighted by Gasteiger charge is 2.27. The molecule has 0 radical (unpaired) electrons. The van der Waals surface area contributed by atoms with Crippen LogP contribution in [0.4, 0.5) is 5.82 Å². The largest absolute Gasteiger partial charge is 0.497 e. The van der Waals surface area contributed by atoms with E-state index in [1.165, 1.54) is 30.6 Å². The van der Waals surface area contributed by atoms with Crippen molar-refractivity contribution < 1.29 is 9.53 Å². The zero-order valence-electron chi connectivity index (χ0n) is 19.1. The van der Waals surface area contributed by atoms with Crippen molar-refractivity contribution in [1.82, 2.24) is 14.8 Å². The van der Waals surface area contributed by atoms with Gasteiger partial charge in [0.25, 0.3) is 0 Å². The highest BCUT2D eigenvalue weighted by molar-refractivity contribution is 7.12.